The fraction of sp³-hybridized carbons (Fsp3) is 0.0769. The van der Waals surface area contributed by atoms with Gasteiger partial charge in [0.2, 0.25) is 0 Å². The molecule has 0 amide bonds. The highest BCUT2D eigenvalue weighted by Gasteiger charge is 2.10. The molecule has 0 fully saturated rings. The zero-order valence-electron chi connectivity index (χ0n) is 9.48. The second-order valence-corrected chi connectivity index (χ2v) is 5.43. The van der Waals surface area contributed by atoms with Gasteiger partial charge in [0.1, 0.15) is 5.82 Å². The van der Waals surface area contributed by atoms with Crippen molar-refractivity contribution in [2.45, 2.75) is 6.54 Å². The number of rotatable bonds is 3. The van der Waals surface area contributed by atoms with Gasteiger partial charge in [-0.25, -0.2) is 13.2 Å². The lowest BCUT2D eigenvalue weighted by molar-refractivity contribution is 0.490. The molecule has 1 nitrogen and oxygen atoms in total. The van der Waals surface area contributed by atoms with Crippen LogP contribution in [0.2, 0.25) is 5.02 Å². The van der Waals surface area contributed by atoms with E-state index >= 15 is 0 Å². The predicted molar refractivity (Wildman–Crippen MR) is 77.8 cm³/mol. The highest BCUT2D eigenvalue weighted by Crippen LogP contribution is 2.23. The normalized spacial score (nSPS) is 10.6. The van der Waals surface area contributed by atoms with E-state index in [2.05, 4.69) is 27.9 Å². The smallest absolute Gasteiger partial charge is 0.161 e. The maximum Gasteiger partial charge on any atom is 0.161 e. The lowest BCUT2D eigenvalue weighted by Crippen LogP contribution is -2.04. The highest BCUT2D eigenvalue weighted by atomic mass is 127. The third kappa shape index (κ3) is 3.54. The maximum absolute atomic E-state index is 13.4. The molecule has 0 aliphatic carbocycles. The number of nitrogens with one attached hydrogen (secondary N) is 1. The molecular weight excluding hydrogens is 390 g/mol. The average molecular weight is 398 g/mol. The van der Waals surface area contributed by atoms with Crippen molar-refractivity contribution in [3.8, 4) is 0 Å². The molecule has 2 rings (SSSR count). The number of hydrogen-bond acceptors (Lipinski definition) is 1. The van der Waals surface area contributed by atoms with E-state index in [0.717, 1.165) is 15.3 Å². The van der Waals surface area contributed by atoms with Crippen LogP contribution < -0.4 is 5.32 Å². The van der Waals surface area contributed by atoms with Gasteiger partial charge in [0.15, 0.2) is 11.6 Å². The first-order chi connectivity index (χ1) is 8.97. The van der Waals surface area contributed by atoms with Crippen molar-refractivity contribution in [1.29, 1.82) is 0 Å². The number of anilines is 1. The highest BCUT2D eigenvalue weighted by molar-refractivity contribution is 14.1. The van der Waals surface area contributed by atoms with Crippen LogP contribution in [0.4, 0.5) is 18.9 Å². The Balaban J connectivity index is 2.16. The summed E-state index contributed by atoms with van der Waals surface area (Å²) in [4.78, 5) is 0. The fourth-order valence-electron chi connectivity index (χ4n) is 1.52. The molecule has 6 heteroatoms. The van der Waals surface area contributed by atoms with Crippen molar-refractivity contribution in [1.82, 2.24) is 0 Å². The summed E-state index contributed by atoms with van der Waals surface area (Å²) in [6.07, 6.45) is 0. The summed E-state index contributed by atoms with van der Waals surface area (Å²) in [6.45, 7) is 0.0562. The molecule has 0 aliphatic heterocycles. The van der Waals surface area contributed by atoms with Gasteiger partial charge in [0.05, 0.1) is 0 Å². The molecule has 0 aliphatic rings. The van der Waals surface area contributed by atoms with Gasteiger partial charge in [0, 0.05) is 32.5 Å². The van der Waals surface area contributed by atoms with E-state index in [4.69, 9.17) is 11.6 Å². The third-order valence-corrected chi connectivity index (χ3v) is 3.62. The summed E-state index contributed by atoms with van der Waals surface area (Å²) >= 11 is 7.89. The second-order valence-electron chi connectivity index (χ2n) is 3.84. The Labute approximate surface area is 126 Å². The van der Waals surface area contributed by atoms with Gasteiger partial charge in [0.25, 0.3) is 0 Å². The van der Waals surface area contributed by atoms with E-state index in [1.54, 1.807) is 18.2 Å². The molecule has 0 spiro atoms. The lowest BCUT2D eigenvalue weighted by Gasteiger charge is -2.10. The Kier molecular flexibility index (Phi) is 4.57. The van der Waals surface area contributed by atoms with Gasteiger partial charge in [-0.05, 0) is 46.9 Å². The molecule has 0 saturated heterocycles. The molecule has 2 aromatic rings. The van der Waals surface area contributed by atoms with Crippen LogP contribution in [0.15, 0.2) is 30.3 Å². The summed E-state index contributed by atoms with van der Waals surface area (Å²) in [5.41, 5.74) is 0.804. The molecule has 0 heterocycles. The molecular formula is C13H8ClF3IN. The van der Waals surface area contributed by atoms with Crippen molar-refractivity contribution in [2.75, 3.05) is 5.32 Å². The van der Waals surface area contributed by atoms with Crippen LogP contribution in [0.5, 0.6) is 0 Å². The first kappa shape index (κ1) is 14.5. The lowest BCUT2D eigenvalue weighted by atomic mass is 10.2. The van der Waals surface area contributed by atoms with Crippen LogP contribution in [0.3, 0.4) is 0 Å². The molecule has 0 bridgehead atoms. The minimum absolute atomic E-state index is 0.0562. The predicted octanol–water partition coefficient (Wildman–Crippen LogP) is 4.97. The van der Waals surface area contributed by atoms with Crippen LogP contribution in [0.1, 0.15) is 5.56 Å². The standard InChI is InChI=1S/C13H8ClF3IN/c14-8-1-2-13(12(18)4-8)19-6-7-3-10(16)11(17)5-9(7)15/h1-5,19H,6H2. The van der Waals surface area contributed by atoms with Crippen molar-refractivity contribution < 1.29 is 13.2 Å². The van der Waals surface area contributed by atoms with Crippen molar-refractivity contribution in [3.05, 3.63) is 61.9 Å². The van der Waals surface area contributed by atoms with Gasteiger partial charge in [-0.1, -0.05) is 11.6 Å². The van der Waals surface area contributed by atoms with Gasteiger partial charge in [-0.2, -0.15) is 0 Å². The summed E-state index contributed by atoms with van der Waals surface area (Å²) in [7, 11) is 0. The molecule has 0 radical (unpaired) electrons. The Morgan fingerprint density at radius 3 is 2.37 bits per heavy atom. The van der Waals surface area contributed by atoms with E-state index in [0.29, 0.717) is 11.1 Å². The largest absolute Gasteiger partial charge is 0.380 e. The Morgan fingerprint density at radius 2 is 1.68 bits per heavy atom. The van der Waals surface area contributed by atoms with E-state index in [9.17, 15) is 13.2 Å². The minimum atomic E-state index is -1.19. The topological polar surface area (TPSA) is 12.0 Å². The number of halogens is 5. The molecule has 0 saturated carbocycles. The molecule has 0 aromatic heterocycles. The van der Waals surface area contributed by atoms with Gasteiger partial charge >= 0.3 is 0 Å². The third-order valence-electron chi connectivity index (χ3n) is 2.49. The average Bonchev–Trinajstić information content (AvgIpc) is 2.34. The summed E-state index contributed by atoms with van der Waals surface area (Å²) < 4.78 is 40.1. The fourth-order valence-corrected chi connectivity index (χ4v) is 2.58. The van der Waals surface area contributed by atoms with E-state index in [1.165, 1.54) is 0 Å². The van der Waals surface area contributed by atoms with E-state index in [-0.39, 0.29) is 12.1 Å². The van der Waals surface area contributed by atoms with Gasteiger partial charge in [-0.3, -0.25) is 0 Å². The molecule has 2 aromatic carbocycles. The molecule has 1 N–H and O–H groups in total. The zero-order valence-corrected chi connectivity index (χ0v) is 12.4. The van der Waals surface area contributed by atoms with Crippen LogP contribution in [-0.2, 0) is 6.54 Å². The number of benzene rings is 2. The Hall–Kier alpha value is -0.950. The Morgan fingerprint density at radius 1 is 1.00 bits per heavy atom. The van der Waals surface area contributed by atoms with Gasteiger partial charge < -0.3 is 5.32 Å². The van der Waals surface area contributed by atoms with Gasteiger partial charge in [-0.15, -0.1) is 0 Å². The van der Waals surface area contributed by atoms with E-state index in [1.807, 2.05) is 0 Å². The van der Waals surface area contributed by atoms with Crippen molar-refractivity contribution in [3.63, 3.8) is 0 Å². The van der Waals surface area contributed by atoms with Crippen molar-refractivity contribution in [2.24, 2.45) is 0 Å². The van der Waals surface area contributed by atoms with E-state index < -0.39 is 17.5 Å². The maximum atomic E-state index is 13.4. The summed E-state index contributed by atoms with van der Waals surface area (Å²) in [5.74, 6) is -3.04. The first-order valence-electron chi connectivity index (χ1n) is 5.29. The number of hydrogen-bond donors (Lipinski definition) is 1. The summed E-state index contributed by atoms with van der Waals surface area (Å²) in [6, 6.07) is 6.56. The second kappa shape index (κ2) is 6.00. The van der Waals surface area contributed by atoms with Crippen LogP contribution in [0, 0.1) is 21.0 Å². The SMILES string of the molecule is Fc1cc(F)c(CNc2ccc(Cl)cc2I)cc1F. The summed E-state index contributed by atoms with van der Waals surface area (Å²) in [5, 5.41) is 3.54. The van der Waals surface area contributed by atoms with Crippen molar-refractivity contribution >= 4 is 39.9 Å². The molecule has 100 valence electrons. The van der Waals surface area contributed by atoms with Crippen LogP contribution >= 0.6 is 34.2 Å². The monoisotopic (exact) mass is 397 g/mol. The molecule has 0 unspecified atom stereocenters. The minimum Gasteiger partial charge on any atom is -0.380 e. The molecule has 19 heavy (non-hydrogen) atoms. The van der Waals surface area contributed by atoms with Crippen LogP contribution in [-0.4, -0.2) is 0 Å². The van der Waals surface area contributed by atoms with Crippen LogP contribution in [0.25, 0.3) is 0 Å². The zero-order chi connectivity index (χ0) is 14.0. The Bertz CT molecular complexity index is 619. The quantitative estimate of drug-likeness (QED) is 0.569. The molecule has 0 atom stereocenters. The first-order valence-corrected chi connectivity index (χ1v) is 6.75.